The number of halogens is 1. The molecule has 5 rings (SSSR count). The van der Waals surface area contributed by atoms with E-state index in [9.17, 15) is 9.59 Å². The third kappa shape index (κ3) is 6.47. The molecule has 0 bridgehead atoms. The van der Waals surface area contributed by atoms with Crippen molar-refractivity contribution < 1.29 is 14.3 Å². The van der Waals surface area contributed by atoms with Crippen LogP contribution in [-0.2, 0) is 22.4 Å². The maximum Gasteiger partial charge on any atom is 0.411 e. The van der Waals surface area contributed by atoms with Crippen molar-refractivity contribution in [1.29, 1.82) is 0 Å². The van der Waals surface area contributed by atoms with Crippen LogP contribution in [0.25, 0.3) is 10.1 Å². The Labute approximate surface area is 253 Å². The number of carbonyl (C=O) groups is 2. The second kappa shape index (κ2) is 13.4. The summed E-state index contributed by atoms with van der Waals surface area (Å²) in [6, 6.07) is 12.4. The van der Waals surface area contributed by atoms with E-state index in [-0.39, 0.29) is 25.7 Å². The normalized spacial score (nSPS) is 16.2. The molecule has 1 fully saturated rings. The number of amides is 2. The van der Waals surface area contributed by atoms with Gasteiger partial charge in [-0.3, -0.25) is 14.6 Å². The Balaban J connectivity index is 0.00000387. The van der Waals surface area contributed by atoms with Crippen LogP contribution in [0, 0.1) is 5.92 Å². The molecule has 2 aromatic carbocycles. The van der Waals surface area contributed by atoms with E-state index in [4.69, 9.17) is 20.7 Å². The molecule has 3 heterocycles. The van der Waals surface area contributed by atoms with Gasteiger partial charge in [0.25, 0.3) is 0 Å². The van der Waals surface area contributed by atoms with Crippen LogP contribution in [0.2, 0.25) is 5.02 Å². The molecule has 0 spiro atoms. The monoisotopic (exact) mass is 599 g/mol. The van der Waals surface area contributed by atoms with Gasteiger partial charge < -0.3 is 14.5 Å². The van der Waals surface area contributed by atoms with E-state index >= 15 is 0 Å². The van der Waals surface area contributed by atoms with Crippen molar-refractivity contribution in [3.05, 3.63) is 52.5 Å². The molecule has 1 saturated heterocycles. The average molecular weight is 600 g/mol. The van der Waals surface area contributed by atoms with Crippen LogP contribution in [0.15, 0.2) is 36.4 Å². The highest BCUT2D eigenvalue weighted by Crippen LogP contribution is 2.37. The second-order valence-corrected chi connectivity index (χ2v) is 12.0. The van der Waals surface area contributed by atoms with Crippen molar-refractivity contribution in [2.24, 2.45) is 5.92 Å². The number of fused-ring (bicyclic) bond motifs is 2. The van der Waals surface area contributed by atoms with Gasteiger partial charge in [0.1, 0.15) is 5.82 Å². The van der Waals surface area contributed by atoms with Gasteiger partial charge >= 0.3 is 6.09 Å². The summed E-state index contributed by atoms with van der Waals surface area (Å²) in [5.41, 5.74) is 2.73. The second-order valence-electron chi connectivity index (χ2n) is 10.8. The summed E-state index contributed by atoms with van der Waals surface area (Å²) in [7, 11) is 0. The van der Waals surface area contributed by atoms with Crippen LogP contribution in [0.4, 0.5) is 16.3 Å². The number of nitrogens with zero attached hydrogens (tertiary/aromatic N) is 5. The predicted molar refractivity (Wildman–Crippen MR) is 169 cm³/mol. The molecule has 3 aromatic rings. The van der Waals surface area contributed by atoms with Crippen LogP contribution in [0.5, 0.6) is 0 Å². The number of benzene rings is 2. The molecule has 222 valence electrons. The molecule has 1 unspecified atom stereocenters. The average Bonchev–Trinajstić information content (AvgIpc) is 3.51. The maximum absolute atomic E-state index is 13.2. The SMILES string of the molecule is C.CCN(CC)C(=O)OC(C(C)C)N1C(=O)Cc2cc(CCN3CCN(c4nsc5ccccc45)CC3)c(Cl)cc21. The first-order valence-electron chi connectivity index (χ1n) is 14.2. The molecule has 8 nitrogen and oxygen atoms in total. The molecule has 1 aromatic heterocycles. The highest BCUT2D eigenvalue weighted by Gasteiger charge is 2.38. The Kier molecular flexibility index (Phi) is 10.2. The number of ether oxygens (including phenoxy) is 1. The fourth-order valence-corrected chi connectivity index (χ4v) is 6.63. The van der Waals surface area contributed by atoms with E-state index in [2.05, 4.69) is 40.1 Å². The van der Waals surface area contributed by atoms with Gasteiger partial charge in [-0.2, -0.15) is 4.37 Å². The van der Waals surface area contributed by atoms with Gasteiger partial charge in [-0.15, -0.1) is 0 Å². The van der Waals surface area contributed by atoms with Gasteiger partial charge in [-0.25, -0.2) is 4.79 Å². The zero-order valence-corrected chi connectivity index (χ0v) is 25.3. The smallest absolute Gasteiger partial charge is 0.411 e. The van der Waals surface area contributed by atoms with Crippen molar-refractivity contribution >= 4 is 56.7 Å². The highest BCUT2D eigenvalue weighted by molar-refractivity contribution is 7.13. The van der Waals surface area contributed by atoms with E-state index < -0.39 is 12.3 Å². The molecular weight excluding hydrogens is 558 g/mol. The maximum atomic E-state index is 13.2. The Morgan fingerprint density at radius 3 is 2.51 bits per heavy atom. The number of hydrogen-bond acceptors (Lipinski definition) is 7. The summed E-state index contributed by atoms with van der Waals surface area (Å²) in [5.74, 6) is 0.951. The third-order valence-electron chi connectivity index (χ3n) is 7.91. The Hall–Kier alpha value is -2.88. The summed E-state index contributed by atoms with van der Waals surface area (Å²) < 4.78 is 11.8. The fourth-order valence-electron chi connectivity index (χ4n) is 5.59. The first-order valence-corrected chi connectivity index (χ1v) is 15.4. The minimum absolute atomic E-state index is 0. The summed E-state index contributed by atoms with van der Waals surface area (Å²) in [5, 5.41) is 1.88. The van der Waals surface area contributed by atoms with E-state index in [0.29, 0.717) is 18.1 Å². The van der Waals surface area contributed by atoms with Gasteiger partial charge in [-0.05, 0) is 61.1 Å². The molecule has 0 aliphatic carbocycles. The molecule has 2 aliphatic rings. The third-order valence-corrected chi connectivity index (χ3v) is 9.08. The number of carbonyl (C=O) groups excluding carboxylic acids is 2. The predicted octanol–water partition coefficient (Wildman–Crippen LogP) is 6.30. The van der Waals surface area contributed by atoms with Crippen LogP contribution in [-0.4, -0.2) is 78.2 Å². The highest BCUT2D eigenvalue weighted by atomic mass is 35.5. The molecule has 10 heteroatoms. The zero-order valence-electron chi connectivity index (χ0n) is 23.7. The van der Waals surface area contributed by atoms with E-state index in [1.807, 2.05) is 33.8 Å². The van der Waals surface area contributed by atoms with Crippen LogP contribution < -0.4 is 9.80 Å². The number of anilines is 2. The fraction of sp³-hybridized carbons (Fsp3) is 0.516. The Bertz CT molecular complexity index is 1370. The lowest BCUT2D eigenvalue weighted by Gasteiger charge is -2.35. The number of rotatable bonds is 9. The largest absolute Gasteiger partial charge is 0.425 e. The molecule has 1 atom stereocenters. The van der Waals surface area contributed by atoms with E-state index in [1.165, 1.54) is 10.1 Å². The van der Waals surface area contributed by atoms with Gasteiger partial charge in [0.2, 0.25) is 5.91 Å². The van der Waals surface area contributed by atoms with Crippen LogP contribution in [0.1, 0.15) is 46.2 Å². The summed E-state index contributed by atoms with van der Waals surface area (Å²) >= 11 is 8.34. The van der Waals surface area contributed by atoms with Gasteiger partial charge in [-0.1, -0.05) is 51.1 Å². The van der Waals surface area contributed by atoms with E-state index in [0.717, 1.165) is 61.8 Å². The minimum atomic E-state index is -0.685. The van der Waals surface area contributed by atoms with Crippen molar-refractivity contribution in [3.63, 3.8) is 0 Å². The van der Waals surface area contributed by atoms with E-state index in [1.54, 1.807) is 21.3 Å². The lowest BCUT2D eigenvalue weighted by molar-refractivity contribution is -0.119. The number of aromatic nitrogens is 1. The number of piperazine rings is 1. The standard InChI is InChI=1S/C30H38ClN5O3S.CH4/c1-5-34(6-2)30(38)39-29(20(3)4)36-25-19-24(31)21(17-22(25)18-27(36)37)11-12-33-13-15-35(16-14-33)28-23-9-7-8-10-26(23)40-32-28;/h7-10,17,19-20,29H,5-6,11-16,18H2,1-4H3;1H4. The van der Waals surface area contributed by atoms with Crippen LogP contribution >= 0.6 is 23.1 Å². The molecule has 0 saturated carbocycles. The molecule has 2 amide bonds. The molecular formula is C31H42ClN5O3S. The van der Waals surface area contributed by atoms with Crippen molar-refractivity contribution in [3.8, 4) is 0 Å². The quantitative estimate of drug-likeness (QED) is 0.287. The Morgan fingerprint density at radius 2 is 1.83 bits per heavy atom. The Morgan fingerprint density at radius 1 is 1.12 bits per heavy atom. The molecule has 0 radical (unpaired) electrons. The lowest BCUT2D eigenvalue weighted by atomic mass is 10.0. The lowest BCUT2D eigenvalue weighted by Crippen LogP contribution is -2.47. The summed E-state index contributed by atoms with van der Waals surface area (Å²) in [6.45, 7) is 13.6. The molecule has 0 N–H and O–H groups in total. The topological polar surface area (TPSA) is 69.2 Å². The first-order chi connectivity index (χ1) is 19.3. The van der Waals surface area contributed by atoms with Crippen molar-refractivity contribution in [2.75, 3.05) is 55.6 Å². The van der Waals surface area contributed by atoms with Crippen LogP contribution in [0.3, 0.4) is 0 Å². The summed E-state index contributed by atoms with van der Waals surface area (Å²) in [6.07, 6.45) is 0.00155. The van der Waals surface area contributed by atoms with Gasteiger partial charge in [0.05, 0.1) is 16.8 Å². The zero-order chi connectivity index (χ0) is 28.4. The summed E-state index contributed by atoms with van der Waals surface area (Å²) in [4.78, 5) is 34.0. The van der Waals surface area contributed by atoms with Gasteiger partial charge in [0, 0.05) is 62.1 Å². The molecule has 2 aliphatic heterocycles. The first kappa shape index (κ1) is 31.1. The van der Waals surface area contributed by atoms with Gasteiger partial charge in [0.15, 0.2) is 6.23 Å². The number of hydrogen-bond donors (Lipinski definition) is 0. The minimum Gasteiger partial charge on any atom is -0.425 e. The molecule has 41 heavy (non-hydrogen) atoms. The van der Waals surface area contributed by atoms with Crippen molar-refractivity contribution in [2.45, 2.75) is 54.2 Å². The van der Waals surface area contributed by atoms with Crippen molar-refractivity contribution in [1.82, 2.24) is 14.2 Å².